The van der Waals surface area contributed by atoms with Crippen LogP contribution in [0, 0.1) is 17.5 Å². The molecule has 0 nitrogen and oxygen atoms in total. The largest absolute Gasteiger partial charge is 0.207 e. The van der Waals surface area contributed by atoms with Gasteiger partial charge in [-0.3, -0.25) is 0 Å². The van der Waals surface area contributed by atoms with E-state index in [1.54, 1.807) is 6.07 Å². The van der Waals surface area contributed by atoms with E-state index in [1.807, 2.05) is 0 Å². The third kappa shape index (κ3) is 2.54. The zero-order valence-corrected chi connectivity index (χ0v) is 11.3. The lowest BCUT2D eigenvalue weighted by Crippen LogP contribution is -1.99. The fraction of sp³-hybridized carbons (Fsp3) is 0.0769. The van der Waals surface area contributed by atoms with Crippen molar-refractivity contribution in [1.29, 1.82) is 0 Å². The molecule has 0 bridgehead atoms. The van der Waals surface area contributed by atoms with Gasteiger partial charge < -0.3 is 0 Å². The van der Waals surface area contributed by atoms with Crippen LogP contribution in [0.25, 0.3) is 0 Å². The van der Waals surface area contributed by atoms with Gasteiger partial charge in [-0.05, 0) is 33.6 Å². The van der Waals surface area contributed by atoms with E-state index in [2.05, 4.69) is 15.9 Å². The summed E-state index contributed by atoms with van der Waals surface area (Å²) in [5.74, 6) is -1.93. The van der Waals surface area contributed by atoms with E-state index < -0.39 is 22.8 Å². The molecule has 0 N–H and O–H groups in total. The second kappa shape index (κ2) is 5.33. The molecular formula is C13H7BrClF3. The predicted molar refractivity (Wildman–Crippen MR) is 68.2 cm³/mol. The van der Waals surface area contributed by atoms with E-state index in [9.17, 15) is 13.2 Å². The Labute approximate surface area is 116 Å². The van der Waals surface area contributed by atoms with Gasteiger partial charge in [-0.25, -0.2) is 13.2 Å². The van der Waals surface area contributed by atoms with Crippen molar-refractivity contribution in [2.75, 3.05) is 0 Å². The molecule has 18 heavy (non-hydrogen) atoms. The molecule has 0 spiro atoms. The first-order valence-corrected chi connectivity index (χ1v) is 6.26. The van der Waals surface area contributed by atoms with E-state index in [0.29, 0.717) is 5.56 Å². The highest BCUT2D eigenvalue weighted by molar-refractivity contribution is 9.10. The van der Waals surface area contributed by atoms with Gasteiger partial charge in [-0.2, -0.15) is 0 Å². The molecule has 0 saturated carbocycles. The zero-order valence-electron chi connectivity index (χ0n) is 8.93. The van der Waals surface area contributed by atoms with Crippen molar-refractivity contribution in [2.24, 2.45) is 0 Å². The molecule has 94 valence electrons. The highest BCUT2D eigenvalue weighted by Gasteiger charge is 2.19. The third-order valence-corrected chi connectivity index (χ3v) is 3.80. The Hall–Kier alpha value is -1.000. The Bertz CT molecular complexity index is 586. The lowest BCUT2D eigenvalue weighted by atomic mass is 10.0. The molecule has 0 aliphatic heterocycles. The van der Waals surface area contributed by atoms with E-state index in [-0.39, 0.29) is 10.0 Å². The van der Waals surface area contributed by atoms with Crippen LogP contribution in [-0.2, 0) is 0 Å². The van der Waals surface area contributed by atoms with Crippen LogP contribution in [-0.4, -0.2) is 0 Å². The van der Waals surface area contributed by atoms with Crippen LogP contribution in [0.4, 0.5) is 13.2 Å². The smallest absolute Gasteiger partial charge is 0.137 e. The summed E-state index contributed by atoms with van der Waals surface area (Å²) >= 11 is 9.17. The molecule has 0 amide bonds. The summed E-state index contributed by atoms with van der Waals surface area (Å²) in [5, 5.41) is -0.893. The second-order valence-corrected chi connectivity index (χ2v) is 4.90. The van der Waals surface area contributed by atoms with E-state index in [0.717, 1.165) is 12.1 Å². The van der Waals surface area contributed by atoms with Crippen molar-refractivity contribution < 1.29 is 13.2 Å². The molecule has 0 aromatic heterocycles. The van der Waals surface area contributed by atoms with Gasteiger partial charge in [0.1, 0.15) is 17.5 Å². The average Bonchev–Trinajstić information content (AvgIpc) is 2.32. The first kappa shape index (κ1) is 13.4. The molecule has 1 atom stereocenters. The highest BCUT2D eigenvalue weighted by Crippen LogP contribution is 2.36. The summed E-state index contributed by atoms with van der Waals surface area (Å²) in [6, 6.07) is 7.43. The van der Waals surface area contributed by atoms with Gasteiger partial charge in [0.05, 0.1) is 9.85 Å². The normalized spacial score (nSPS) is 12.5. The molecule has 2 rings (SSSR count). The molecule has 0 fully saturated rings. The number of hydrogen-bond acceptors (Lipinski definition) is 0. The molecular weight excluding hydrogens is 328 g/mol. The van der Waals surface area contributed by atoms with E-state index in [4.69, 9.17) is 11.6 Å². The third-order valence-electron chi connectivity index (χ3n) is 2.49. The lowest BCUT2D eigenvalue weighted by molar-refractivity contribution is 0.573. The van der Waals surface area contributed by atoms with Crippen LogP contribution >= 0.6 is 27.5 Å². The van der Waals surface area contributed by atoms with Gasteiger partial charge >= 0.3 is 0 Å². The van der Waals surface area contributed by atoms with Gasteiger partial charge in [0.2, 0.25) is 0 Å². The monoisotopic (exact) mass is 334 g/mol. The first-order valence-electron chi connectivity index (χ1n) is 5.03. The fourth-order valence-electron chi connectivity index (χ4n) is 1.59. The van der Waals surface area contributed by atoms with Crippen LogP contribution in [0.15, 0.2) is 40.9 Å². The minimum atomic E-state index is -0.893. The summed E-state index contributed by atoms with van der Waals surface area (Å²) < 4.78 is 39.9. The summed E-state index contributed by atoms with van der Waals surface area (Å²) in [5.41, 5.74) is 0.492. The Morgan fingerprint density at radius 2 is 1.67 bits per heavy atom. The van der Waals surface area contributed by atoms with Crippen molar-refractivity contribution in [3.8, 4) is 0 Å². The van der Waals surface area contributed by atoms with Gasteiger partial charge in [0, 0.05) is 11.6 Å². The Balaban J connectivity index is 2.48. The number of rotatable bonds is 2. The van der Waals surface area contributed by atoms with Crippen molar-refractivity contribution in [2.45, 2.75) is 5.38 Å². The van der Waals surface area contributed by atoms with Crippen molar-refractivity contribution >= 4 is 27.5 Å². The van der Waals surface area contributed by atoms with Crippen LogP contribution in [0.3, 0.4) is 0 Å². The molecule has 2 aromatic carbocycles. The van der Waals surface area contributed by atoms with Gasteiger partial charge in [0.15, 0.2) is 0 Å². The fourth-order valence-corrected chi connectivity index (χ4v) is 2.57. The van der Waals surface area contributed by atoms with Gasteiger partial charge in [-0.1, -0.05) is 18.2 Å². The summed E-state index contributed by atoms with van der Waals surface area (Å²) in [6.45, 7) is 0. The van der Waals surface area contributed by atoms with E-state index in [1.165, 1.54) is 18.2 Å². The summed E-state index contributed by atoms with van der Waals surface area (Å²) in [7, 11) is 0. The minimum absolute atomic E-state index is 0.101. The lowest BCUT2D eigenvalue weighted by Gasteiger charge is -2.13. The van der Waals surface area contributed by atoms with E-state index >= 15 is 0 Å². The predicted octanol–water partition coefficient (Wildman–Crippen LogP) is 5.19. The summed E-state index contributed by atoms with van der Waals surface area (Å²) in [6.07, 6.45) is 0. The Morgan fingerprint density at radius 3 is 2.33 bits per heavy atom. The van der Waals surface area contributed by atoms with Gasteiger partial charge in [-0.15, -0.1) is 11.6 Å². The van der Waals surface area contributed by atoms with Crippen molar-refractivity contribution in [3.63, 3.8) is 0 Å². The Morgan fingerprint density at radius 1 is 0.944 bits per heavy atom. The van der Waals surface area contributed by atoms with Crippen LogP contribution in [0.5, 0.6) is 0 Å². The molecule has 0 saturated heterocycles. The van der Waals surface area contributed by atoms with Crippen LogP contribution in [0.1, 0.15) is 16.5 Å². The van der Waals surface area contributed by atoms with Crippen LogP contribution in [0.2, 0.25) is 0 Å². The number of benzene rings is 2. The standard InChI is InChI=1S/C13H7BrClF3/c14-12-9(2-1-3-10(12)17)13(15)8-5-4-7(16)6-11(8)18/h1-6,13H. The van der Waals surface area contributed by atoms with Crippen LogP contribution < -0.4 is 0 Å². The molecule has 1 unspecified atom stereocenters. The maximum atomic E-state index is 13.6. The number of alkyl halides is 1. The van der Waals surface area contributed by atoms with Gasteiger partial charge in [0.25, 0.3) is 0 Å². The summed E-state index contributed by atoms with van der Waals surface area (Å²) in [4.78, 5) is 0. The number of halogens is 5. The Kier molecular flexibility index (Phi) is 3.97. The topological polar surface area (TPSA) is 0 Å². The molecule has 0 heterocycles. The molecule has 2 aromatic rings. The molecule has 0 radical (unpaired) electrons. The molecule has 5 heteroatoms. The first-order chi connectivity index (χ1) is 8.50. The average molecular weight is 336 g/mol. The second-order valence-electron chi connectivity index (χ2n) is 3.67. The molecule has 0 aliphatic rings. The van der Waals surface area contributed by atoms with Crippen molar-refractivity contribution in [1.82, 2.24) is 0 Å². The quantitative estimate of drug-likeness (QED) is 0.662. The maximum Gasteiger partial charge on any atom is 0.137 e. The minimum Gasteiger partial charge on any atom is -0.207 e. The SMILES string of the molecule is Fc1ccc(C(Cl)c2cccc(F)c2Br)c(F)c1. The number of hydrogen-bond donors (Lipinski definition) is 0. The van der Waals surface area contributed by atoms with Crippen molar-refractivity contribution in [3.05, 3.63) is 69.4 Å². The maximum absolute atomic E-state index is 13.6. The molecule has 0 aliphatic carbocycles. The zero-order chi connectivity index (χ0) is 13.3. The highest BCUT2D eigenvalue weighted by atomic mass is 79.9.